The zero-order valence-electron chi connectivity index (χ0n) is 11.6. The van der Waals surface area contributed by atoms with Gasteiger partial charge in [0.25, 0.3) is 0 Å². The molecule has 0 saturated heterocycles. The zero-order chi connectivity index (χ0) is 15.4. The van der Waals surface area contributed by atoms with Crippen LogP contribution < -0.4 is 15.2 Å². The number of nitrogens with zero attached hydrogens (tertiary/aromatic N) is 1. The largest absolute Gasteiger partial charge is 0.493 e. The molecule has 0 aliphatic rings. The van der Waals surface area contributed by atoms with Gasteiger partial charge in [-0.15, -0.1) is 0 Å². The van der Waals surface area contributed by atoms with Crippen LogP contribution in [0, 0.1) is 5.82 Å². The molecule has 2 aromatic rings. The number of pyridine rings is 1. The second kappa shape index (κ2) is 6.53. The van der Waals surface area contributed by atoms with Gasteiger partial charge < -0.3 is 15.2 Å². The highest BCUT2D eigenvalue weighted by atomic mass is 32.2. The van der Waals surface area contributed by atoms with E-state index in [1.807, 2.05) is 0 Å². The van der Waals surface area contributed by atoms with Crippen molar-refractivity contribution in [2.75, 3.05) is 20.0 Å². The molecule has 1 aromatic carbocycles. The van der Waals surface area contributed by atoms with Crippen molar-refractivity contribution in [3.05, 3.63) is 42.0 Å². The minimum absolute atomic E-state index is 0.0935. The number of aromatic nitrogens is 1. The average Bonchev–Trinajstić information content (AvgIpc) is 2.46. The number of methoxy groups -OCH3 is 2. The third-order valence-corrected chi connectivity index (χ3v) is 4.25. The lowest BCUT2D eigenvalue weighted by molar-refractivity contribution is 0.350. The fourth-order valence-corrected chi connectivity index (χ4v) is 3.03. The summed E-state index contributed by atoms with van der Waals surface area (Å²) in [5, 5.41) is 0. The van der Waals surface area contributed by atoms with Gasteiger partial charge in [0, 0.05) is 12.3 Å². The van der Waals surface area contributed by atoms with Gasteiger partial charge in [-0.05, 0) is 18.2 Å². The van der Waals surface area contributed by atoms with Crippen molar-refractivity contribution < 1.29 is 18.1 Å². The number of hydrogen-bond acceptors (Lipinski definition) is 5. The van der Waals surface area contributed by atoms with Crippen molar-refractivity contribution in [3.63, 3.8) is 0 Å². The number of benzene rings is 1. The summed E-state index contributed by atoms with van der Waals surface area (Å²) < 4.78 is 35.8. The Labute approximate surface area is 124 Å². The first-order valence-electron chi connectivity index (χ1n) is 6.06. The van der Waals surface area contributed by atoms with Crippen LogP contribution in [0.2, 0.25) is 0 Å². The van der Waals surface area contributed by atoms with Gasteiger partial charge in [0.15, 0.2) is 11.5 Å². The minimum Gasteiger partial charge on any atom is -0.493 e. The summed E-state index contributed by atoms with van der Waals surface area (Å²) >= 11 is 0. The molecule has 0 saturated carbocycles. The summed E-state index contributed by atoms with van der Waals surface area (Å²) in [6.07, 6.45) is 1.54. The van der Waals surface area contributed by atoms with Crippen LogP contribution in [0.5, 0.6) is 11.5 Å². The molecule has 0 spiro atoms. The van der Waals surface area contributed by atoms with Crippen LogP contribution in [0.4, 0.5) is 10.1 Å². The molecule has 0 aliphatic carbocycles. The Balaban J connectivity index is 2.31. The summed E-state index contributed by atoms with van der Waals surface area (Å²) in [4.78, 5) is 4.52. The third kappa shape index (κ3) is 3.30. The van der Waals surface area contributed by atoms with Crippen LogP contribution in [0.1, 0.15) is 5.69 Å². The predicted octanol–water partition coefficient (Wildman–Crippen LogP) is 2.13. The van der Waals surface area contributed by atoms with Crippen molar-refractivity contribution in [1.82, 2.24) is 4.98 Å². The van der Waals surface area contributed by atoms with Crippen molar-refractivity contribution in [2.24, 2.45) is 0 Å². The van der Waals surface area contributed by atoms with Crippen LogP contribution in [0.15, 0.2) is 35.4 Å². The molecule has 0 amide bonds. The van der Waals surface area contributed by atoms with Crippen LogP contribution in [0.25, 0.3) is 0 Å². The number of ether oxygens (including phenoxy) is 2. The number of anilines is 1. The highest BCUT2D eigenvalue weighted by Crippen LogP contribution is 2.31. The maximum Gasteiger partial charge on any atom is 0.183 e. The molecule has 5 nitrogen and oxygen atoms in total. The third-order valence-electron chi connectivity index (χ3n) is 2.85. The van der Waals surface area contributed by atoms with Gasteiger partial charge in [-0.25, -0.2) is 4.39 Å². The van der Waals surface area contributed by atoms with Crippen molar-refractivity contribution in [1.29, 1.82) is 0 Å². The molecular weight excluding hydrogens is 295 g/mol. The summed E-state index contributed by atoms with van der Waals surface area (Å²) in [6, 6.07) is 5.42. The summed E-state index contributed by atoms with van der Waals surface area (Å²) in [7, 11) is 1.53. The Bertz CT molecular complexity index is 679. The average molecular weight is 310 g/mol. The maximum absolute atomic E-state index is 13.0. The minimum atomic E-state index is -1.47. The molecular formula is C14H15FN2O3S. The number of hydrogen-bond donors (Lipinski definition) is 1. The van der Waals surface area contributed by atoms with E-state index in [0.29, 0.717) is 22.1 Å². The molecule has 112 valence electrons. The lowest BCUT2D eigenvalue weighted by atomic mass is 10.3. The summed E-state index contributed by atoms with van der Waals surface area (Å²) in [5.41, 5.74) is 6.33. The Morgan fingerprint density at radius 2 is 2.05 bits per heavy atom. The molecule has 1 atom stereocenters. The van der Waals surface area contributed by atoms with Gasteiger partial charge >= 0.3 is 0 Å². The van der Waals surface area contributed by atoms with Gasteiger partial charge in [-0.1, -0.05) is 0 Å². The normalized spacial score (nSPS) is 12.0. The molecule has 2 rings (SSSR count). The Kier molecular flexibility index (Phi) is 4.74. The van der Waals surface area contributed by atoms with Gasteiger partial charge in [0.1, 0.15) is 5.82 Å². The number of halogens is 1. The highest BCUT2D eigenvalue weighted by molar-refractivity contribution is 7.84. The molecule has 1 unspecified atom stereocenters. The van der Waals surface area contributed by atoms with E-state index >= 15 is 0 Å². The molecule has 0 aliphatic heterocycles. The Hall–Kier alpha value is -2.15. The Morgan fingerprint density at radius 3 is 2.67 bits per heavy atom. The number of nitrogens with two attached hydrogens (primary N) is 1. The summed E-state index contributed by atoms with van der Waals surface area (Å²) in [6.45, 7) is 0. The number of rotatable bonds is 5. The Morgan fingerprint density at radius 1 is 1.29 bits per heavy atom. The lowest BCUT2D eigenvalue weighted by Gasteiger charge is -2.12. The van der Waals surface area contributed by atoms with E-state index in [0.717, 1.165) is 6.07 Å². The van der Waals surface area contributed by atoms with E-state index in [1.54, 1.807) is 12.3 Å². The predicted molar refractivity (Wildman–Crippen MR) is 78.3 cm³/mol. The molecule has 0 fully saturated rings. The van der Waals surface area contributed by atoms with Crippen LogP contribution >= 0.6 is 0 Å². The van der Waals surface area contributed by atoms with E-state index in [-0.39, 0.29) is 11.4 Å². The zero-order valence-corrected chi connectivity index (χ0v) is 12.4. The maximum atomic E-state index is 13.0. The second-order valence-electron chi connectivity index (χ2n) is 4.17. The van der Waals surface area contributed by atoms with Gasteiger partial charge in [-0.2, -0.15) is 0 Å². The lowest BCUT2D eigenvalue weighted by Crippen LogP contribution is -2.05. The molecule has 0 radical (unpaired) electrons. The monoisotopic (exact) mass is 310 g/mol. The molecule has 2 N–H and O–H groups in total. The molecule has 0 bridgehead atoms. The first kappa shape index (κ1) is 15.2. The van der Waals surface area contributed by atoms with Crippen molar-refractivity contribution >= 4 is 16.5 Å². The first-order valence-corrected chi connectivity index (χ1v) is 7.38. The van der Waals surface area contributed by atoms with Gasteiger partial charge in [0.2, 0.25) is 0 Å². The molecule has 21 heavy (non-hydrogen) atoms. The van der Waals surface area contributed by atoms with Crippen molar-refractivity contribution in [3.8, 4) is 11.5 Å². The second-order valence-corrected chi connectivity index (χ2v) is 5.58. The van der Waals surface area contributed by atoms with Crippen LogP contribution in [-0.4, -0.2) is 23.4 Å². The van der Waals surface area contributed by atoms with E-state index < -0.39 is 16.6 Å². The first-order chi connectivity index (χ1) is 10.1. The van der Waals surface area contributed by atoms with E-state index in [2.05, 4.69) is 4.98 Å². The quantitative estimate of drug-likeness (QED) is 0.856. The molecule has 7 heteroatoms. The summed E-state index contributed by atoms with van der Waals surface area (Å²) in [5.74, 6) is 0.557. The standard InChI is InChI=1S/C14H15FN2O3S/c1-19-12-5-6-17-11(14(12)20-2)8-21(18)13-4-3-9(15)7-10(13)16/h3-7H,8,16H2,1-2H3. The fraction of sp³-hybridized carbons (Fsp3) is 0.214. The highest BCUT2D eigenvalue weighted by Gasteiger charge is 2.16. The van der Waals surface area contributed by atoms with E-state index in [9.17, 15) is 8.60 Å². The van der Waals surface area contributed by atoms with Crippen molar-refractivity contribution in [2.45, 2.75) is 10.6 Å². The topological polar surface area (TPSA) is 74.4 Å². The van der Waals surface area contributed by atoms with E-state index in [1.165, 1.54) is 26.4 Å². The number of nitrogen functional groups attached to an aromatic ring is 1. The van der Waals surface area contributed by atoms with Crippen LogP contribution in [-0.2, 0) is 16.6 Å². The SMILES string of the molecule is COc1ccnc(CS(=O)c2ccc(F)cc2N)c1OC. The van der Waals surface area contributed by atoms with E-state index in [4.69, 9.17) is 15.2 Å². The van der Waals surface area contributed by atoms with Crippen LogP contribution in [0.3, 0.4) is 0 Å². The van der Waals surface area contributed by atoms with Gasteiger partial charge in [0.05, 0.1) is 47.0 Å². The smallest absolute Gasteiger partial charge is 0.183 e. The fourth-order valence-electron chi connectivity index (χ4n) is 1.88. The molecule has 1 aromatic heterocycles. The molecule has 1 heterocycles. The van der Waals surface area contributed by atoms with Gasteiger partial charge in [-0.3, -0.25) is 9.19 Å².